The zero-order valence-electron chi connectivity index (χ0n) is 10.8. The van der Waals surface area contributed by atoms with Crippen LogP contribution in [0.5, 0.6) is 0 Å². The monoisotopic (exact) mass is 357 g/mol. The highest BCUT2D eigenvalue weighted by Crippen LogP contribution is 2.27. The molecule has 1 aliphatic rings. The third kappa shape index (κ3) is 3.97. The van der Waals surface area contributed by atoms with Gasteiger partial charge in [-0.15, -0.1) is 0 Å². The van der Waals surface area contributed by atoms with Crippen LogP contribution in [0.25, 0.3) is 0 Å². The van der Waals surface area contributed by atoms with E-state index in [0.717, 1.165) is 21.6 Å². The van der Waals surface area contributed by atoms with Gasteiger partial charge in [0.05, 0.1) is 0 Å². The van der Waals surface area contributed by atoms with Crippen molar-refractivity contribution in [3.05, 3.63) is 33.4 Å². The molecule has 98 valence electrons. The Morgan fingerprint density at radius 3 is 2.72 bits per heavy atom. The van der Waals surface area contributed by atoms with Gasteiger partial charge in [0, 0.05) is 15.7 Å². The summed E-state index contributed by atoms with van der Waals surface area (Å²) in [5.74, 6) is 1.55. The van der Waals surface area contributed by atoms with Crippen molar-refractivity contribution in [1.29, 1.82) is 0 Å². The molecule has 0 saturated heterocycles. The lowest BCUT2D eigenvalue weighted by atomic mass is 9.82. The Hall–Kier alpha value is -0.580. The van der Waals surface area contributed by atoms with Crippen molar-refractivity contribution in [2.24, 2.45) is 11.8 Å². The molecule has 1 amide bonds. The fourth-order valence-corrected chi connectivity index (χ4v) is 3.05. The SMILES string of the molecule is CC1CCCC(CNC(=O)c2ccc(I)cc2)C1. The molecule has 2 rings (SSSR count). The van der Waals surface area contributed by atoms with Crippen molar-refractivity contribution in [3.8, 4) is 0 Å². The average Bonchev–Trinajstić information content (AvgIpc) is 2.37. The van der Waals surface area contributed by atoms with E-state index < -0.39 is 0 Å². The first-order chi connectivity index (χ1) is 8.65. The third-order valence-corrected chi connectivity index (χ3v) is 4.42. The highest BCUT2D eigenvalue weighted by molar-refractivity contribution is 14.1. The summed E-state index contributed by atoms with van der Waals surface area (Å²) in [5.41, 5.74) is 0.763. The predicted molar refractivity (Wildman–Crippen MR) is 82.6 cm³/mol. The van der Waals surface area contributed by atoms with Gasteiger partial charge in [0.15, 0.2) is 0 Å². The van der Waals surface area contributed by atoms with E-state index in [4.69, 9.17) is 0 Å². The molecule has 2 unspecified atom stereocenters. The molecule has 1 saturated carbocycles. The summed E-state index contributed by atoms with van der Waals surface area (Å²) in [6.07, 6.45) is 5.18. The topological polar surface area (TPSA) is 29.1 Å². The van der Waals surface area contributed by atoms with Crippen molar-refractivity contribution < 1.29 is 4.79 Å². The number of benzene rings is 1. The summed E-state index contributed by atoms with van der Waals surface area (Å²) in [7, 11) is 0. The van der Waals surface area contributed by atoms with Crippen LogP contribution in [0.4, 0.5) is 0 Å². The molecule has 2 atom stereocenters. The molecule has 1 aliphatic carbocycles. The maximum Gasteiger partial charge on any atom is 0.251 e. The Labute approximate surface area is 123 Å². The summed E-state index contributed by atoms with van der Waals surface area (Å²) in [6.45, 7) is 3.14. The molecule has 1 aromatic rings. The summed E-state index contributed by atoms with van der Waals surface area (Å²) in [5, 5.41) is 3.07. The van der Waals surface area contributed by atoms with E-state index in [1.807, 2.05) is 24.3 Å². The summed E-state index contributed by atoms with van der Waals surface area (Å²) >= 11 is 2.25. The van der Waals surface area contributed by atoms with Crippen molar-refractivity contribution >= 4 is 28.5 Å². The van der Waals surface area contributed by atoms with Gasteiger partial charge in [-0.2, -0.15) is 0 Å². The molecule has 0 bridgehead atoms. The van der Waals surface area contributed by atoms with Crippen molar-refractivity contribution in [3.63, 3.8) is 0 Å². The van der Waals surface area contributed by atoms with E-state index in [1.165, 1.54) is 25.7 Å². The zero-order valence-corrected chi connectivity index (χ0v) is 12.9. The lowest BCUT2D eigenvalue weighted by Gasteiger charge is -2.26. The van der Waals surface area contributed by atoms with Crippen LogP contribution in [-0.2, 0) is 0 Å². The molecule has 0 heterocycles. The first-order valence-corrected chi connectivity index (χ1v) is 7.77. The Morgan fingerprint density at radius 1 is 1.33 bits per heavy atom. The second kappa shape index (κ2) is 6.55. The second-order valence-electron chi connectivity index (χ2n) is 5.35. The summed E-state index contributed by atoms with van der Waals surface area (Å²) < 4.78 is 1.16. The summed E-state index contributed by atoms with van der Waals surface area (Å²) in [4.78, 5) is 12.0. The standard InChI is InChI=1S/C15H20INO/c1-11-3-2-4-12(9-11)10-17-15(18)13-5-7-14(16)8-6-13/h5-8,11-12H,2-4,9-10H2,1H3,(H,17,18). The van der Waals surface area contributed by atoms with Crippen LogP contribution in [0, 0.1) is 15.4 Å². The van der Waals surface area contributed by atoms with Gasteiger partial charge in [-0.3, -0.25) is 4.79 Å². The lowest BCUT2D eigenvalue weighted by molar-refractivity contribution is 0.0940. The van der Waals surface area contributed by atoms with E-state index in [0.29, 0.717) is 5.92 Å². The Bertz CT molecular complexity index is 401. The van der Waals surface area contributed by atoms with Crippen LogP contribution in [0.3, 0.4) is 0 Å². The Balaban J connectivity index is 1.82. The molecule has 1 N–H and O–H groups in total. The first-order valence-electron chi connectivity index (χ1n) is 6.69. The molecule has 18 heavy (non-hydrogen) atoms. The van der Waals surface area contributed by atoms with Crippen LogP contribution in [0.15, 0.2) is 24.3 Å². The normalized spacial score (nSPS) is 23.7. The number of rotatable bonds is 3. The molecule has 1 aromatic carbocycles. The maximum absolute atomic E-state index is 12.0. The minimum absolute atomic E-state index is 0.0598. The van der Waals surface area contributed by atoms with Crippen molar-refractivity contribution in [2.45, 2.75) is 32.6 Å². The molecule has 1 fully saturated rings. The van der Waals surface area contributed by atoms with Gasteiger partial charge in [0.25, 0.3) is 5.91 Å². The third-order valence-electron chi connectivity index (χ3n) is 3.70. The highest BCUT2D eigenvalue weighted by Gasteiger charge is 2.19. The van der Waals surface area contributed by atoms with Crippen LogP contribution >= 0.6 is 22.6 Å². The first kappa shape index (κ1) is 13.8. The number of halogens is 1. The van der Waals surface area contributed by atoms with Gasteiger partial charge in [-0.25, -0.2) is 0 Å². The van der Waals surface area contributed by atoms with E-state index in [1.54, 1.807) is 0 Å². The van der Waals surface area contributed by atoms with Gasteiger partial charge in [0.1, 0.15) is 0 Å². The number of hydrogen-bond acceptors (Lipinski definition) is 1. The predicted octanol–water partition coefficient (Wildman–Crippen LogP) is 3.85. The van der Waals surface area contributed by atoms with Crippen molar-refractivity contribution in [1.82, 2.24) is 5.32 Å². The number of carbonyl (C=O) groups excluding carboxylic acids is 1. The van der Waals surface area contributed by atoms with Gasteiger partial charge in [-0.05, 0) is 71.5 Å². The van der Waals surface area contributed by atoms with E-state index in [-0.39, 0.29) is 5.91 Å². The second-order valence-corrected chi connectivity index (χ2v) is 6.60. The zero-order chi connectivity index (χ0) is 13.0. The van der Waals surface area contributed by atoms with Crippen LogP contribution in [0.2, 0.25) is 0 Å². The van der Waals surface area contributed by atoms with Crippen molar-refractivity contribution in [2.75, 3.05) is 6.54 Å². The van der Waals surface area contributed by atoms with Gasteiger partial charge >= 0.3 is 0 Å². The van der Waals surface area contributed by atoms with E-state index in [2.05, 4.69) is 34.8 Å². The lowest BCUT2D eigenvalue weighted by Crippen LogP contribution is -2.31. The Kier molecular flexibility index (Phi) is 5.03. The highest BCUT2D eigenvalue weighted by atomic mass is 127. The van der Waals surface area contributed by atoms with E-state index in [9.17, 15) is 4.79 Å². The average molecular weight is 357 g/mol. The smallest absolute Gasteiger partial charge is 0.251 e. The number of carbonyl (C=O) groups is 1. The molecule has 0 radical (unpaired) electrons. The maximum atomic E-state index is 12.0. The number of hydrogen-bond donors (Lipinski definition) is 1. The molecule has 0 aliphatic heterocycles. The fraction of sp³-hybridized carbons (Fsp3) is 0.533. The number of amides is 1. The quantitative estimate of drug-likeness (QED) is 0.819. The Morgan fingerprint density at radius 2 is 2.06 bits per heavy atom. The molecule has 3 heteroatoms. The fourth-order valence-electron chi connectivity index (χ4n) is 2.69. The molecular weight excluding hydrogens is 337 g/mol. The summed E-state index contributed by atoms with van der Waals surface area (Å²) in [6, 6.07) is 7.72. The molecule has 2 nitrogen and oxygen atoms in total. The van der Waals surface area contributed by atoms with Crippen LogP contribution in [-0.4, -0.2) is 12.5 Å². The largest absolute Gasteiger partial charge is 0.352 e. The van der Waals surface area contributed by atoms with Gasteiger partial charge < -0.3 is 5.32 Å². The molecule has 0 aromatic heterocycles. The van der Waals surface area contributed by atoms with Gasteiger partial charge in [-0.1, -0.05) is 19.8 Å². The van der Waals surface area contributed by atoms with Crippen LogP contribution in [0.1, 0.15) is 43.0 Å². The van der Waals surface area contributed by atoms with E-state index >= 15 is 0 Å². The minimum Gasteiger partial charge on any atom is -0.352 e. The molecule has 0 spiro atoms. The molecular formula is C15H20INO. The van der Waals surface area contributed by atoms with Crippen LogP contribution < -0.4 is 5.32 Å². The minimum atomic E-state index is 0.0598. The van der Waals surface area contributed by atoms with Gasteiger partial charge in [0.2, 0.25) is 0 Å². The number of nitrogens with one attached hydrogen (secondary N) is 1.